The molecule has 0 spiro atoms. The maximum Gasteiger partial charge on any atom is 0.123 e. The summed E-state index contributed by atoms with van der Waals surface area (Å²) in [6.07, 6.45) is 2.38. The Balaban J connectivity index is 1.83. The predicted molar refractivity (Wildman–Crippen MR) is 51.2 cm³/mol. The molecule has 1 aliphatic heterocycles. The van der Waals surface area contributed by atoms with E-state index in [2.05, 4.69) is 4.90 Å². The largest absolute Gasteiger partial charge is 0.303 e. The molecule has 2 heteroatoms. The average Bonchev–Trinajstić information content (AvgIpc) is 2.05. The standard InChI is InChI=1S/C11H14FN/c12-11-4-2-10(3-5-11)6-9-13-7-1-8-13/h2-5H,1,6-9H2. The molecular weight excluding hydrogens is 165 g/mol. The second kappa shape index (κ2) is 3.88. The number of halogens is 1. The Morgan fingerprint density at radius 2 is 1.85 bits per heavy atom. The first-order valence-electron chi connectivity index (χ1n) is 4.81. The summed E-state index contributed by atoms with van der Waals surface area (Å²) in [6, 6.07) is 6.81. The molecule has 0 aliphatic carbocycles. The molecule has 0 radical (unpaired) electrons. The molecule has 0 atom stereocenters. The fourth-order valence-corrected chi connectivity index (χ4v) is 1.54. The highest BCUT2D eigenvalue weighted by Crippen LogP contribution is 2.08. The highest BCUT2D eigenvalue weighted by atomic mass is 19.1. The topological polar surface area (TPSA) is 3.24 Å². The molecule has 1 heterocycles. The van der Waals surface area contributed by atoms with Crippen molar-refractivity contribution in [1.29, 1.82) is 0 Å². The molecule has 1 saturated heterocycles. The minimum absolute atomic E-state index is 0.146. The molecule has 70 valence electrons. The second-order valence-electron chi connectivity index (χ2n) is 3.57. The van der Waals surface area contributed by atoms with Gasteiger partial charge in [0.05, 0.1) is 0 Å². The van der Waals surface area contributed by atoms with Crippen LogP contribution in [0, 0.1) is 5.82 Å². The highest BCUT2D eigenvalue weighted by molar-refractivity contribution is 5.16. The molecule has 0 aromatic heterocycles. The van der Waals surface area contributed by atoms with Gasteiger partial charge in [-0.1, -0.05) is 12.1 Å². The molecule has 1 nitrogen and oxygen atoms in total. The molecule has 1 aromatic rings. The third kappa shape index (κ3) is 2.28. The third-order valence-electron chi connectivity index (χ3n) is 2.58. The Morgan fingerprint density at radius 3 is 2.38 bits per heavy atom. The van der Waals surface area contributed by atoms with Crippen LogP contribution in [0.3, 0.4) is 0 Å². The molecule has 1 fully saturated rings. The lowest BCUT2D eigenvalue weighted by atomic mass is 10.1. The van der Waals surface area contributed by atoms with Crippen molar-refractivity contribution in [2.24, 2.45) is 0 Å². The number of hydrogen-bond donors (Lipinski definition) is 0. The molecule has 0 saturated carbocycles. The van der Waals surface area contributed by atoms with E-state index in [1.807, 2.05) is 12.1 Å². The lowest BCUT2D eigenvalue weighted by Crippen LogP contribution is -2.38. The Kier molecular flexibility index (Phi) is 2.60. The molecule has 1 aliphatic rings. The average molecular weight is 179 g/mol. The first-order valence-corrected chi connectivity index (χ1v) is 4.81. The van der Waals surface area contributed by atoms with Gasteiger partial charge in [0.2, 0.25) is 0 Å². The zero-order valence-electron chi connectivity index (χ0n) is 7.67. The van der Waals surface area contributed by atoms with E-state index in [4.69, 9.17) is 0 Å². The Hall–Kier alpha value is -0.890. The molecule has 0 bridgehead atoms. The van der Waals surface area contributed by atoms with Gasteiger partial charge in [0.15, 0.2) is 0 Å². The van der Waals surface area contributed by atoms with Crippen molar-refractivity contribution in [3.63, 3.8) is 0 Å². The van der Waals surface area contributed by atoms with E-state index < -0.39 is 0 Å². The third-order valence-corrected chi connectivity index (χ3v) is 2.58. The number of benzene rings is 1. The minimum Gasteiger partial charge on any atom is -0.303 e. The normalized spacial score (nSPS) is 17.0. The molecule has 1 aromatic carbocycles. The maximum atomic E-state index is 12.6. The lowest BCUT2D eigenvalue weighted by molar-refractivity contribution is 0.184. The molecule has 0 N–H and O–H groups in total. The van der Waals surface area contributed by atoms with Crippen molar-refractivity contribution >= 4 is 0 Å². The number of hydrogen-bond acceptors (Lipinski definition) is 1. The van der Waals surface area contributed by atoms with E-state index in [1.54, 1.807) is 0 Å². The van der Waals surface area contributed by atoms with Crippen LogP contribution >= 0.6 is 0 Å². The summed E-state index contributed by atoms with van der Waals surface area (Å²) in [5.41, 5.74) is 1.23. The van der Waals surface area contributed by atoms with Crippen LogP contribution in [-0.2, 0) is 6.42 Å². The van der Waals surface area contributed by atoms with E-state index >= 15 is 0 Å². The van der Waals surface area contributed by atoms with Crippen LogP contribution in [0.5, 0.6) is 0 Å². The van der Waals surface area contributed by atoms with Gasteiger partial charge in [-0.25, -0.2) is 4.39 Å². The van der Waals surface area contributed by atoms with E-state index in [-0.39, 0.29) is 5.82 Å². The van der Waals surface area contributed by atoms with Crippen molar-refractivity contribution < 1.29 is 4.39 Å². The molecule has 0 amide bonds. The summed E-state index contributed by atoms with van der Waals surface area (Å²) in [5.74, 6) is -0.146. The summed E-state index contributed by atoms with van der Waals surface area (Å²) >= 11 is 0. The van der Waals surface area contributed by atoms with Gasteiger partial charge in [-0.2, -0.15) is 0 Å². The molecule has 0 unspecified atom stereocenters. The first-order chi connectivity index (χ1) is 6.34. The van der Waals surface area contributed by atoms with E-state index in [0.717, 1.165) is 13.0 Å². The van der Waals surface area contributed by atoms with Crippen LogP contribution in [0.4, 0.5) is 4.39 Å². The Bertz CT molecular complexity index is 264. The van der Waals surface area contributed by atoms with Gasteiger partial charge in [0.25, 0.3) is 0 Å². The number of rotatable bonds is 3. The zero-order chi connectivity index (χ0) is 9.10. The van der Waals surface area contributed by atoms with Crippen LogP contribution in [0.25, 0.3) is 0 Å². The van der Waals surface area contributed by atoms with E-state index in [1.165, 1.54) is 37.2 Å². The summed E-state index contributed by atoms with van der Waals surface area (Å²) in [5, 5.41) is 0. The summed E-state index contributed by atoms with van der Waals surface area (Å²) in [6.45, 7) is 3.59. The van der Waals surface area contributed by atoms with Gasteiger partial charge in [0.1, 0.15) is 5.82 Å². The van der Waals surface area contributed by atoms with Gasteiger partial charge >= 0.3 is 0 Å². The van der Waals surface area contributed by atoms with Gasteiger partial charge < -0.3 is 4.90 Å². The maximum absolute atomic E-state index is 12.6. The SMILES string of the molecule is Fc1ccc(CCN2CCC2)cc1. The van der Waals surface area contributed by atoms with Crippen molar-refractivity contribution in [3.8, 4) is 0 Å². The fourth-order valence-electron chi connectivity index (χ4n) is 1.54. The van der Waals surface area contributed by atoms with Crippen LogP contribution < -0.4 is 0 Å². The quantitative estimate of drug-likeness (QED) is 0.686. The van der Waals surface area contributed by atoms with E-state index in [0.29, 0.717) is 0 Å². The molecule has 13 heavy (non-hydrogen) atoms. The molecule has 2 rings (SSSR count). The van der Waals surface area contributed by atoms with Crippen LogP contribution in [0.1, 0.15) is 12.0 Å². The van der Waals surface area contributed by atoms with Crippen LogP contribution in [0.15, 0.2) is 24.3 Å². The van der Waals surface area contributed by atoms with Crippen molar-refractivity contribution in [1.82, 2.24) is 4.90 Å². The smallest absolute Gasteiger partial charge is 0.123 e. The number of likely N-dealkylation sites (tertiary alicyclic amines) is 1. The van der Waals surface area contributed by atoms with Crippen molar-refractivity contribution in [2.45, 2.75) is 12.8 Å². The summed E-state index contributed by atoms with van der Waals surface area (Å²) < 4.78 is 12.6. The monoisotopic (exact) mass is 179 g/mol. The Labute approximate surface area is 78.2 Å². The van der Waals surface area contributed by atoms with Gasteiger partial charge in [-0.3, -0.25) is 0 Å². The van der Waals surface area contributed by atoms with Gasteiger partial charge in [-0.15, -0.1) is 0 Å². The highest BCUT2D eigenvalue weighted by Gasteiger charge is 2.12. The minimum atomic E-state index is -0.146. The first kappa shape index (κ1) is 8.70. The van der Waals surface area contributed by atoms with Crippen LogP contribution in [-0.4, -0.2) is 24.5 Å². The van der Waals surface area contributed by atoms with Gasteiger partial charge in [0, 0.05) is 6.54 Å². The fraction of sp³-hybridized carbons (Fsp3) is 0.455. The van der Waals surface area contributed by atoms with Crippen molar-refractivity contribution in [3.05, 3.63) is 35.6 Å². The van der Waals surface area contributed by atoms with Crippen molar-refractivity contribution in [2.75, 3.05) is 19.6 Å². The molecular formula is C11H14FN. The summed E-state index contributed by atoms with van der Waals surface area (Å²) in [4.78, 5) is 2.42. The van der Waals surface area contributed by atoms with E-state index in [9.17, 15) is 4.39 Å². The predicted octanol–water partition coefficient (Wildman–Crippen LogP) is 2.07. The zero-order valence-corrected chi connectivity index (χ0v) is 7.67. The van der Waals surface area contributed by atoms with Gasteiger partial charge in [-0.05, 0) is 43.6 Å². The number of nitrogens with zero attached hydrogens (tertiary/aromatic N) is 1. The summed E-state index contributed by atoms with van der Waals surface area (Å²) in [7, 11) is 0. The second-order valence-corrected chi connectivity index (χ2v) is 3.57. The van der Waals surface area contributed by atoms with Crippen LogP contribution in [0.2, 0.25) is 0 Å². The Morgan fingerprint density at radius 1 is 1.15 bits per heavy atom. The lowest BCUT2D eigenvalue weighted by Gasteiger charge is -2.30.